The van der Waals surface area contributed by atoms with E-state index < -0.39 is 15.3 Å². The van der Waals surface area contributed by atoms with Crippen LogP contribution in [0.1, 0.15) is 26.2 Å². The molecule has 0 unspecified atom stereocenters. The van der Waals surface area contributed by atoms with E-state index in [1.165, 1.54) is 0 Å². The molecule has 6 heteroatoms. The van der Waals surface area contributed by atoms with Gasteiger partial charge >= 0.3 is 5.25 Å². The molecule has 78 valence electrons. The van der Waals surface area contributed by atoms with Crippen LogP contribution in [0.5, 0.6) is 0 Å². The summed E-state index contributed by atoms with van der Waals surface area (Å²) in [6, 6.07) is 0. The van der Waals surface area contributed by atoms with Gasteiger partial charge in [-0.1, -0.05) is 6.42 Å². The molecule has 1 aliphatic rings. The van der Waals surface area contributed by atoms with Gasteiger partial charge in [0.25, 0.3) is 10.0 Å². The smallest absolute Gasteiger partial charge is 0.206 e. The number of rotatable bonds is 2. The van der Waals surface area contributed by atoms with Gasteiger partial charge in [0.15, 0.2) is 0 Å². The summed E-state index contributed by atoms with van der Waals surface area (Å²) in [5.74, 6) is 0. The molecule has 0 N–H and O–H groups in total. The largest absolute Gasteiger partial charge is 0.356 e. The molecule has 0 aliphatic carbocycles. The van der Waals surface area contributed by atoms with Crippen molar-refractivity contribution in [2.24, 2.45) is 0 Å². The van der Waals surface area contributed by atoms with E-state index in [9.17, 15) is 17.2 Å². The predicted molar refractivity (Wildman–Crippen MR) is 45.0 cm³/mol. The summed E-state index contributed by atoms with van der Waals surface area (Å²) in [6.45, 7) is 0.883. The van der Waals surface area contributed by atoms with Crippen LogP contribution in [0.15, 0.2) is 0 Å². The normalized spacial score (nSPS) is 21.8. The third kappa shape index (κ3) is 2.17. The molecule has 0 bridgehead atoms. The minimum absolute atomic E-state index is 0.228. The molecule has 0 aromatic rings. The Labute approximate surface area is 76.8 Å². The molecule has 0 radical (unpaired) electrons. The fraction of sp³-hybridized carbons (Fsp3) is 1.00. The summed E-state index contributed by atoms with van der Waals surface area (Å²) in [5, 5.41) is -3.65. The molecule has 13 heavy (non-hydrogen) atoms. The van der Waals surface area contributed by atoms with Crippen molar-refractivity contribution in [2.75, 3.05) is 13.1 Å². The lowest BCUT2D eigenvalue weighted by atomic mass is 10.2. The first-order chi connectivity index (χ1) is 5.86. The van der Waals surface area contributed by atoms with Gasteiger partial charge in [-0.15, -0.1) is 0 Å². The predicted octanol–water partition coefficient (Wildman–Crippen LogP) is 1.41. The second-order valence-corrected chi connectivity index (χ2v) is 5.46. The van der Waals surface area contributed by atoms with Crippen LogP contribution in [0.25, 0.3) is 0 Å². The van der Waals surface area contributed by atoms with Gasteiger partial charge in [0.2, 0.25) is 0 Å². The summed E-state index contributed by atoms with van der Waals surface area (Å²) in [4.78, 5) is 0. The Morgan fingerprint density at radius 3 is 2.00 bits per heavy atom. The Bertz CT molecular complexity index is 265. The highest BCUT2D eigenvalue weighted by Gasteiger charge is 2.44. The second kappa shape index (κ2) is 3.49. The molecule has 3 nitrogen and oxygen atoms in total. The Morgan fingerprint density at radius 1 is 1.15 bits per heavy atom. The highest BCUT2D eigenvalue weighted by atomic mass is 32.2. The van der Waals surface area contributed by atoms with Crippen molar-refractivity contribution in [2.45, 2.75) is 31.4 Å². The molecule has 1 fully saturated rings. The maximum Gasteiger partial charge on any atom is 0.356 e. The minimum atomic E-state index is -4.40. The molecule has 0 aromatic carbocycles. The topological polar surface area (TPSA) is 37.4 Å². The number of sulfonamides is 1. The zero-order valence-electron chi connectivity index (χ0n) is 7.46. The third-order valence-electron chi connectivity index (χ3n) is 2.11. The Hall–Kier alpha value is -0.230. The van der Waals surface area contributed by atoms with Crippen LogP contribution in [-0.2, 0) is 10.0 Å². The lowest BCUT2D eigenvalue weighted by Crippen LogP contribution is -2.43. The van der Waals surface area contributed by atoms with E-state index in [0.717, 1.165) is 10.7 Å². The fourth-order valence-corrected chi connectivity index (χ4v) is 2.52. The minimum Gasteiger partial charge on any atom is -0.206 e. The molecule has 1 heterocycles. The molecule has 0 saturated carbocycles. The van der Waals surface area contributed by atoms with Crippen LogP contribution in [0.3, 0.4) is 0 Å². The number of piperidine rings is 1. The number of alkyl halides is 2. The highest BCUT2D eigenvalue weighted by Crippen LogP contribution is 2.26. The van der Waals surface area contributed by atoms with E-state index in [4.69, 9.17) is 0 Å². The first kappa shape index (κ1) is 10.8. The van der Waals surface area contributed by atoms with Crippen molar-refractivity contribution in [3.05, 3.63) is 0 Å². The Kier molecular flexibility index (Phi) is 2.91. The van der Waals surface area contributed by atoms with E-state index >= 15 is 0 Å². The van der Waals surface area contributed by atoms with Crippen molar-refractivity contribution in [1.29, 1.82) is 0 Å². The standard InChI is InChI=1S/C7H13F2NO2S/c1-7(8,9)13(11,12)10-5-3-2-4-6-10/h2-6H2,1H3. The molecule has 1 saturated heterocycles. The number of hydrogen-bond acceptors (Lipinski definition) is 2. The van der Waals surface area contributed by atoms with Gasteiger partial charge in [-0.05, 0) is 12.8 Å². The Morgan fingerprint density at radius 2 is 1.62 bits per heavy atom. The average molecular weight is 213 g/mol. The van der Waals surface area contributed by atoms with E-state index in [-0.39, 0.29) is 13.1 Å². The molecular weight excluding hydrogens is 200 g/mol. The lowest BCUT2D eigenvalue weighted by molar-refractivity contribution is 0.103. The van der Waals surface area contributed by atoms with Gasteiger partial charge in [-0.2, -0.15) is 13.1 Å². The van der Waals surface area contributed by atoms with E-state index in [1.807, 2.05) is 0 Å². The second-order valence-electron chi connectivity index (χ2n) is 3.27. The maximum absolute atomic E-state index is 12.7. The maximum atomic E-state index is 12.7. The average Bonchev–Trinajstić information content (AvgIpc) is 2.04. The highest BCUT2D eigenvalue weighted by molar-refractivity contribution is 7.90. The summed E-state index contributed by atoms with van der Waals surface area (Å²) < 4.78 is 48.6. The van der Waals surface area contributed by atoms with Crippen molar-refractivity contribution in [3.63, 3.8) is 0 Å². The van der Waals surface area contributed by atoms with Gasteiger partial charge in [-0.3, -0.25) is 0 Å². The molecule has 1 aliphatic heterocycles. The lowest BCUT2D eigenvalue weighted by Gasteiger charge is -2.28. The molecule has 0 amide bonds. The first-order valence-electron chi connectivity index (χ1n) is 4.23. The monoisotopic (exact) mass is 213 g/mol. The summed E-state index contributed by atoms with van der Waals surface area (Å²) in [6.07, 6.45) is 2.27. The van der Waals surface area contributed by atoms with E-state index in [2.05, 4.69) is 0 Å². The molecule has 1 rings (SSSR count). The van der Waals surface area contributed by atoms with Crippen LogP contribution >= 0.6 is 0 Å². The van der Waals surface area contributed by atoms with Gasteiger partial charge in [0.05, 0.1) is 0 Å². The number of hydrogen-bond donors (Lipinski definition) is 0. The van der Waals surface area contributed by atoms with Crippen molar-refractivity contribution in [3.8, 4) is 0 Å². The van der Waals surface area contributed by atoms with Crippen LogP contribution in [0, 0.1) is 0 Å². The summed E-state index contributed by atoms with van der Waals surface area (Å²) >= 11 is 0. The number of nitrogens with zero attached hydrogens (tertiary/aromatic N) is 1. The van der Waals surface area contributed by atoms with Crippen molar-refractivity contribution in [1.82, 2.24) is 4.31 Å². The Balaban J connectivity index is 2.80. The zero-order chi connectivity index (χ0) is 10.1. The van der Waals surface area contributed by atoms with Gasteiger partial charge in [0, 0.05) is 20.0 Å². The van der Waals surface area contributed by atoms with Crippen LogP contribution in [-0.4, -0.2) is 31.1 Å². The molecule has 0 spiro atoms. The SMILES string of the molecule is CC(F)(F)S(=O)(=O)N1CCCCC1. The molecule has 0 aromatic heterocycles. The van der Waals surface area contributed by atoms with Gasteiger partial charge in [0.1, 0.15) is 0 Å². The van der Waals surface area contributed by atoms with Crippen LogP contribution < -0.4 is 0 Å². The van der Waals surface area contributed by atoms with Crippen molar-refractivity contribution < 1.29 is 17.2 Å². The van der Waals surface area contributed by atoms with Crippen LogP contribution in [0.4, 0.5) is 8.78 Å². The first-order valence-corrected chi connectivity index (χ1v) is 5.67. The van der Waals surface area contributed by atoms with Gasteiger partial charge in [-0.25, -0.2) is 8.42 Å². The van der Waals surface area contributed by atoms with Gasteiger partial charge < -0.3 is 0 Å². The van der Waals surface area contributed by atoms with E-state index in [0.29, 0.717) is 19.8 Å². The van der Waals surface area contributed by atoms with E-state index in [1.54, 1.807) is 0 Å². The van der Waals surface area contributed by atoms with Crippen LogP contribution in [0.2, 0.25) is 0 Å². The fourth-order valence-electron chi connectivity index (χ4n) is 1.33. The number of halogens is 2. The molecular formula is C7H13F2NO2S. The molecule has 0 atom stereocenters. The quantitative estimate of drug-likeness (QED) is 0.695. The summed E-state index contributed by atoms with van der Waals surface area (Å²) in [5.41, 5.74) is 0. The van der Waals surface area contributed by atoms with Crippen molar-refractivity contribution >= 4 is 10.0 Å². The summed E-state index contributed by atoms with van der Waals surface area (Å²) in [7, 11) is -4.40. The zero-order valence-corrected chi connectivity index (χ0v) is 8.28. The third-order valence-corrected chi connectivity index (χ3v) is 4.06.